The number of phosphoric acid groups is 2. The molecule has 0 spiro atoms. The van der Waals surface area contributed by atoms with E-state index in [0.29, 0.717) is 25.7 Å². The third-order valence-corrected chi connectivity index (χ3v) is 18.4. The molecule has 0 aliphatic rings. The predicted molar refractivity (Wildman–Crippen MR) is 363 cm³/mol. The smallest absolute Gasteiger partial charge is 0.462 e. The van der Waals surface area contributed by atoms with Crippen LogP contribution in [0.1, 0.15) is 369 Å². The molecule has 534 valence electrons. The van der Waals surface area contributed by atoms with Crippen LogP contribution in [0.25, 0.3) is 0 Å². The molecule has 90 heavy (non-hydrogen) atoms. The van der Waals surface area contributed by atoms with Crippen molar-refractivity contribution in [3.05, 3.63) is 0 Å². The van der Waals surface area contributed by atoms with Gasteiger partial charge in [0.05, 0.1) is 26.4 Å². The van der Waals surface area contributed by atoms with Gasteiger partial charge in [-0.25, -0.2) is 9.13 Å². The number of rotatable bonds is 71. The van der Waals surface area contributed by atoms with Crippen molar-refractivity contribution in [3.8, 4) is 0 Å². The quantitative estimate of drug-likeness (QED) is 0.0222. The van der Waals surface area contributed by atoms with Crippen LogP contribution in [0.2, 0.25) is 0 Å². The number of hydrogen-bond donors (Lipinski definition) is 3. The number of esters is 4. The minimum absolute atomic E-state index is 0.107. The molecule has 19 heteroatoms. The molecule has 0 bridgehead atoms. The molecule has 0 radical (unpaired) electrons. The van der Waals surface area contributed by atoms with Gasteiger partial charge in [0, 0.05) is 25.7 Å². The fourth-order valence-corrected chi connectivity index (χ4v) is 12.4. The summed E-state index contributed by atoms with van der Waals surface area (Å²) in [5, 5.41) is 10.6. The van der Waals surface area contributed by atoms with E-state index in [1.165, 1.54) is 186 Å². The Balaban J connectivity index is 5.21. The van der Waals surface area contributed by atoms with Gasteiger partial charge in [0.2, 0.25) is 0 Å². The van der Waals surface area contributed by atoms with Crippen molar-refractivity contribution < 1.29 is 80.2 Å². The Morgan fingerprint density at radius 2 is 0.511 bits per heavy atom. The highest BCUT2D eigenvalue weighted by atomic mass is 31.2. The second-order valence-electron chi connectivity index (χ2n) is 26.1. The lowest BCUT2D eigenvalue weighted by Crippen LogP contribution is -2.30. The van der Waals surface area contributed by atoms with Crippen LogP contribution in [-0.4, -0.2) is 96.7 Å². The Bertz CT molecular complexity index is 1740. The van der Waals surface area contributed by atoms with Crippen molar-refractivity contribution in [2.75, 3.05) is 39.6 Å². The molecule has 0 rings (SSSR count). The summed E-state index contributed by atoms with van der Waals surface area (Å²) < 4.78 is 68.3. The highest BCUT2D eigenvalue weighted by Crippen LogP contribution is 2.45. The second kappa shape index (κ2) is 64.4. The molecular weight excluding hydrogens is 1190 g/mol. The predicted octanol–water partition coefficient (Wildman–Crippen LogP) is 20.5. The van der Waals surface area contributed by atoms with E-state index in [1.54, 1.807) is 0 Å². The largest absolute Gasteiger partial charge is 0.472 e. The van der Waals surface area contributed by atoms with Crippen molar-refractivity contribution in [2.45, 2.75) is 387 Å². The SMILES string of the molecule is CCCCCCCCCCCCCCCCCCCC(=O)O[C@H](COC(=O)CCCCCCCCCCCCC(C)C)COP(=O)(O)OC[C@@H](O)COP(=O)(O)OC[C@@H](COC(=O)CCCCCCCCCC)OC(=O)CCCCCCCCCCCCCC. The minimum Gasteiger partial charge on any atom is -0.462 e. The number of unbranched alkanes of at least 4 members (excludes halogenated alkanes) is 43. The van der Waals surface area contributed by atoms with Crippen molar-refractivity contribution in [3.63, 3.8) is 0 Å². The van der Waals surface area contributed by atoms with Crippen molar-refractivity contribution in [2.24, 2.45) is 5.92 Å². The molecule has 2 unspecified atom stereocenters. The first kappa shape index (κ1) is 88.1. The van der Waals surface area contributed by atoms with Gasteiger partial charge < -0.3 is 33.8 Å². The Hall–Kier alpha value is -1.94. The Kier molecular flexibility index (Phi) is 63.0. The van der Waals surface area contributed by atoms with E-state index in [0.717, 1.165) is 102 Å². The summed E-state index contributed by atoms with van der Waals surface area (Å²) in [4.78, 5) is 72.5. The molecule has 0 aromatic heterocycles. The van der Waals surface area contributed by atoms with E-state index in [2.05, 4.69) is 34.6 Å². The Labute approximate surface area is 549 Å². The van der Waals surface area contributed by atoms with Gasteiger partial charge in [-0.15, -0.1) is 0 Å². The fraction of sp³-hybridized carbons (Fsp3) is 0.944. The monoisotopic (exact) mass is 1320 g/mol. The van der Waals surface area contributed by atoms with Crippen LogP contribution < -0.4 is 0 Å². The average molecular weight is 1330 g/mol. The van der Waals surface area contributed by atoms with E-state index in [1.807, 2.05) is 0 Å². The lowest BCUT2D eigenvalue weighted by atomic mass is 10.0. The first-order valence-corrected chi connectivity index (χ1v) is 40.1. The van der Waals surface area contributed by atoms with Gasteiger partial charge in [-0.1, -0.05) is 317 Å². The second-order valence-corrected chi connectivity index (χ2v) is 29.0. The third-order valence-electron chi connectivity index (χ3n) is 16.5. The number of aliphatic hydroxyl groups excluding tert-OH is 1. The molecule has 0 aromatic rings. The molecule has 0 aliphatic heterocycles. The summed E-state index contributed by atoms with van der Waals surface area (Å²) in [6.45, 7) is 7.23. The van der Waals surface area contributed by atoms with Crippen LogP contribution in [0.5, 0.6) is 0 Å². The first-order valence-electron chi connectivity index (χ1n) is 37.1. The number of carbonyl (C=O) groups excluding carboxylic acids is 4. The molecule has 0 aromatic carbocycles. The highest BCUT2D eigenvalue weighted by molar-refractivity contribution is 7.47. The van der Waals surface area contributed by atoms with Gasteiger partial charge in [-0.05, 0) is 31.6 Å². The van der Waals surface area contributed by atoms with Crippen LogP contribution in [0.3, 0.4) is 0 Å². The van der Waals surface area contributed by atoms with E-state index >= 15 is 0 Å². The zero-order valence-corrected chi connectivity index (χ0v) is 60.1. The summed E-state index contributed by atoms with van der Waals surface area (Å²) in [6.07, 6.45) is 51.3. The number of carbonyl (C=O) groups is 4. The van der Waals surface area contributed by atoms with Gasteiger partial charge >= 0.3 is 39.5 Å². The van der Waals surface area contributed by atoms with E-state index in [9.17, 15) is 43.2 Å². The van der Waals surface area contributed by atoms with Crippen LogP contribution >= 0.6 is 15.6 Å². The van der Waals surface area contributed by atoms with Crippen molar-refractivity contribution in [1.29, 1.82) is 0 Å². The maximum atomic E-state index is 13.0. The molecule has 0 saturated carbocycles. The van der Waals surface area contributed by atoms with Gasteiger partial charge in [0.1, 0.15) is 19.3 Å². The number of aliphatic hydroxyl groups is 1. The number of ether oxygens (including phenoxy) is 4. The Morgan fingerprint density at radius 3 is 0.756 bits per heavy atom. The zero-order chi connectivity index (χ0) is 66.3. The number of phosphoric ester groups is 2. The molecular formula is C71H138O17P2. The maximum absolute atomic E-state index is 13.0. The highest BCUT2D eigenvalue weighted by Gasteiger charge is 2.30. The molecule has 0 amide bonds. The number of hydrogen-bond acceptors (Lipinski definition) is 15. The van der Waals surface area contributed by atoms with Crippen LogP contribution in [-0.2, 0) is 65.4 Å². The summed E-state index contributed by atoms with van der Waals surface area (Å²) >= 11 is 0. The zero-order valence-electron chi connectivity index (χ0n) is 58.3. The molecule has 0 heterocycles. The summed E-state index contributed by atoms with van der Waals surface area (Å²) in [7, 11) is -9.90. The van der Waals surface area contributed by atoms with Crippen molar-refractivity contribution in [1.82, 2.24) is 0 Å². The normalized spacial score (nSPS) is 14.1. The fourth-order valence-electron chi connectivity index (χ4n) is 10.8. The van der Waals surface area contributed by atoms with Crippen molar-refractivity contribution >= 4 is 39.5 Å². The minimum atomic E-state index is -4.95. The summed E-state index contributed by atoms with van der Waals surface area (Å²) in [5.74, 6) is -1.36. The van der Waals surface area contributed by atoms with Gasteiger partial charge in [-0.3, -0.25) is 37.3 Å². The maximum Gasteiger partial charge on any atom is 0.472 e. The molecule has 5 atom stereocenters. The first-order chi connectivity index (χ1) is 43.5. The Morgan fingerprint density at radius 1 is 0.300 bits per heavy atom. The molecule has 0 fully saturated rings. The standard InChI is InChI=1S/C71H138O17P2/c1-6-9-12-15-18-21-23-25-26-27-28-29-31-37-42-47-52-57-71(76)88-67(61-82-69(74)55-50-45-40-35-33-32-34-38-43-48-53-64(4)5)63-86-90(79,80)84-59-65(72)58-83-89(77,78)85-62-66(60-81-68(73)54-49-44-39-20-17-14-11-8-3)87-70(75)56-51-46-41-36-30-24-22-19-16-13-10-7-2/h64-67,72H,6-63H2,1-5H3,(H,77,78)(H,79,80)/t65-,66+,67+/m0/s1. The summed E-state index contributed by atoms with van der Waals surface area (Å²) in [5.41, 5.74) is 0. The lowest BCUT2D eigenvalue weighted by Gasteiger charge is -2.21. The van der Waals surface area contributed by atoms with Crippen LogP contribution in [0, 0.1) is 5.92 Å². The van der Waals surface area contributed by atoms with E-state index < -0.39 is 97.5 Å². The topological polar surface area (TPSA) is 237 Å². The average Bonchev–Trinajstić information content (AvgIpc) is 3.73. The van der Waals surface area contributed by atoms with Gasteiger partial charge in [0.25, 0.3) is 0 Å². The van der Waals surface area contributed by atoms with Gasteiger partial charge in [-0.2, -0.15) is 0 Å². The molecule has 0 aliphatic carbocycles. The third kappa shape index (κ3) is 64.8. The molecule has 17 nitrogen and oxygen atoms in total. The summed E-state index contributed by atoms with van der Waals surface area (Å²) in [6, 6.07) is 0. The molecule has 3 N–H and O–H groups in total. The van der Waals surface area contributed by atoms with Crippen LogP contribution in [0.4, 0.5) is 0 Å². The lowest BCUT2D eigenvalue weighted by molar-refractivity contribution is -0.161. The van der Waals surface area contributed by atoms with Crippen LogP contribution in [0.15, 0.2) is 0 Å². The molecule has 0 saturated heterocycles. The van der Waals surface area contributed by atoms with E-state index in [-0.39, 0.29) is 25.7 Å². The van der Waals surface area contributed by atoms with Gasteiger partial charge in [0.15, 0.2) is 12.2 Å². The van der Waals surface area contributed by atoms with E-state index in [4.69, 9.17) is 37.0 Å².